The highest BCUT2D eigenvalue weighted by Crippen LogP contribution is 2.40. The monoisotopic (exact) mass is 443 g/mol. The molecule has 0 unspecified atom stereocenters. The number of rotatable bonds is 5. The fourth-order valence-corrected chi connectivity index (χ4v) is 3.34. The van der Waals surface area contributed by atoms with Gasteiger partial charge < -0.3 is 10.4 Å². The van der Waals surface area contributed by atoms with E-state index in [2.05, 4.69) is 40.0 Å². The van der Waals surface area contributed by atoms with E-state index >= 15 is 0 Å². The number of aromatic hydroxyl groups is 1. The lowest BCUT2D eigenvalue weighted by atomic mass is 9.94. The van der Waals surface area contributed by atoms with Crippen LogP contribution in [0.15, 0.2) is 16.6 Å². The maximum Gasteiger partial charge on any atom is 0.271 e. The summed E-state index contributed by atoms with van der Waals surface area (Å²) in [5.74, 6) is 0.534. The van der Waals surface area contributed by atoms with Crippen LogP contribution in [-0.4, -0.2) is 41.1 Å². The zero-order chi connectivity index (χ0) is 16.3. The molecule has 1 aliphatic heterocycles. The van der Waals surface area contributed by atoms with E-state index in [4.69, 9.17) is 0 Å². The lowest BCUT2D eigenvalue weighted by molar-refractivity contribution is -0.385. The molecular weight excluding hydrogens is 421 g/mol. The summed E-state index contributed by atoms with van der Waals surface area (Å²) in [6.07, 6.45) is 0.848. The molecule has 138 valence electrons. The van der Waals surface area contributed by atoms with Crippen LogP contribution in [0.2, 0.25) is 0 Å². The maximum absolute atomic E-state index is 11.1. The molecule has 2 rings (SSSR count). The van der Waals surface area contributed by atoms with Crippen LogP contribution in [-0.2, 0) is 0 Å². The molecule has 24 heavy (non-hydrogen) atoms. The Labute approximate surface area is 163 Å². The van der Waals surface area contributed by atoms with Crippen LogP contribution >= 0.6 is 40.7 Å². The van der Waals surface area contributed by atoms with E-state index in [0.29, 0.717) is 16.0 Å². The summed E-state index contributed by atoms with van der Waals surface area (Å²) in [5.41, 5.74) is 0.639. The molecule has 1 atom stereocenters. The zero-order valence-corrected chi connectivity index (χ0v) is 16.9. The highest BCUT2D eigenvalue weighted by Gasteiger charge is 2.28. The molecule has 1 saturated heterocycles. The molecule has 2 N–H and O–H groups in total. The number of piperazine rings is 1. The van der Waals surface area contributed by atoms with Crippen LogP contribution in [0.5, 0.6) is 5.75 Å². The number of benzene rings is 1. The van der Waals surface area contributed by atoms with Gasteiger partial charge in [0, 0.05) is 49.9 Å². The maximum atomic E-state index is 11.1. The lowest BCUT2D eigenvalue weighted by Crippen LogP contribution is -2.45. The summed E-state index contributed by atoms with van der Waals surface area (Å²) >= 11 is 3.24. The predicted octanol–water partition coefficient (Wildman–Crippen LogP) is 3.90. The summed E-state index contributed by atoms with van der Waals surface area (Å²) < 4.78 is 0.376. The number of hydrogen-bond acceptors (Lipinski definition) is 5. The summed E-state index contributed by atoms with van der Waals surface area (Å²) in [6, 6.07) is 2.84. The predicted molar refractivity (Wildman–Crippen MR) is 104 cm³/mol. The van der Waals surface area contributed by atoms with Crippen molar-refractivity contribution in [2.75, 3.05) is 26.2 Å². The highest BCUT2D eigenvalue weighted by atomic mass is 79.9. The van der Waals surface area contributed by atoms with Gasteiger partial charge in [0.1, 0.15) is 5.75 Å². The number of nitrogens with one attached hydrogen (secondary N) is 1. The Bertz CT molecular complexity index is 555. The van der Waals surface area contributed by atoms with Crippen LogP contribution in [0.1, 0.15) is 31.9 Å². The first-order valence-corrected chi connectivity index (χ1v) is 8.31. The number of nitro groups is 1. The summed E-state index contributed by atoms with van der Waals surface area (Å²) in [7, 11) is 0. The molecule has 1 aromatic rings. The van der Waals surface area contributed by atoms with Gasteiger partial charge in [-0.1, -0.05) is 13.8 Å². The Morgan fingerprint density at radius 2 is 1.92 bits per heavy atom. The Kier molecular flexibility index (Phi) is 10.1. The van der Waals surface area contributed by atoms with Crippen LogP contribution in [0.4, 0.5) is 5.69 Å². The zero-order valence-electron chi connectivity index (χ0n) is 13.7. The van der Waals surface area contributed by atoms with Gasteiger partial charge in [-0.25, -0.2) is 0 Å². The van der Waals surface area contributed by atoms with E-state index in [1.165, 1.54) is 12.1 Å². The second kappa shape index (κ2) is 10.4. The average Bonchev–Trinajstić information content (AvgIpc) is 2.48. The second-order valence-corrected chi connectivity index (χ2v) is 6.91. The molecule has 1 aliphatic rings. The van der Waals surface area contributed by atoms with Crippen molar-refractivity contribution in [3.05, 3.63) is 32.3 Å². The first-order chi connectivity index (χ1) is 10.4. The first kappa shape index (κ1) is 23.4. The Morgan fingerprint density at radius 3 is 2.42 bits per heavy atom. The molecule has 1 aromatic carbocycles. The standard InChI is InChI=1S/C15H22BrN3O3.2ClH/c1-10(2)7-14(18-5-3-17-4-6-18)12-8-11(19(21)22)9-13(16)15(12)20;;/h8-10,14,17,20H,3-7H2,1-2H3;2*1H/t14-;;/m1../s1. The van der Waals surface area contributed by atoms with Gasteiger partial charge in [-0.3, -0.25) is 15.0 Å². The molecule has 1 heterocycles. The summed E-state index contributed by atoms with van der Waals surface area (Å²) in [4.78, 5) is 13.0. The van der Waals surface area contributed by atoms with Crippen LogP contribution in [0.25, 0.3) is 0 Å². The molecule has 0 saturated carbocycles. The minimum atomic E-state index is -0.419. The number of non-ortho nitro benzene ring substituents is 1. The van der Waals surface area contributed by atoms with Gasteiger partial charge in [0.15, 0.2) is 0 Å². The number of nitrogens with zero attached hydrogens (tertiary/aromatic N) is 2. The molecule has 0 aliphatic carbocycles. The average molecular weight is 445 g/mol. The van der Waals surface area contributed by atoms with E-state index in [1.807, 2.05) is 0 Å². The Hall–Kier alpha value is -0.600. The topological polar surface area (TPSA) is 78.6 Å². The molecule has 9 heteroatoms. The van der Waals surface area contributed by atoms with Crippen molar-refractivity contribution in [3.63, 3.8) is 0 Å². The van der Waals surface area contributed by atoms with Crippen molar-refractivity contribution < 1.29 is 10.0 Å². The smallest absolute Gasteiger partial charge is 0.271 e. The molecule has 6 nitrogen and oxygen atoms in total. The molecular formula is C15H24BrCl2N3O3. The van der Waals surface area contributed by atoms with Gasteiger partial charge in [0.05, 0.1) is 9.40 Å². The van der Waals surface area contributed by atoms with Crippen molar-refractivity contribution in [2.45, 2.75) is 26.3 Å². The third-order valence-electron chi connectivity index (χ3n) is 3.93. The van der Waals surface area contributed by atoms with E-state index < -0.39 is 4.92 Å². The number of phenolic OH excluding ortho intramolecular Hbond substituents is 1. The van der Waals surface area contributed by atoms with Crippen LogP contribution in [0.3, 0.4) is 0 Å². The third kappa shape index (κ3) is 5.74. The Morgan fingerprint density at radius 1 is 1.33 bits per heavy atom. The Balaban J connectivity index is 0.00000264. The van der Waals surface area contributed by atoms with Gasteiger partial charge in [-0.05, 0) is 28.3 Å². The minimum Gasteiger partial charge on any atom is -0.506 e. The molecule has 0 bridgehead atoms. The van der Waals surface area contributed by atoms with Crippen molar-refractivity contribution >= 4 is 46.4 Å². The lowest BCUT2D eigenvalue weighted by Gasteiger charge is -2.36. The van der Waals surface area contributed by atoms with Gasteiger partial charge in [0.25, 0.3) is 5.69 Å². The van der Waals surface area contributed by atoms with E-state index in [9.17, 15) is 15.2 Å². The normalized spacial score (nSPS) is 16.2. The van der Waals surface area contributed by atoms with Crippen LogP contribution in [0, 0.1) is 16.0 Å². The van der Waals surface area contributed by atoms with Crippen molar-refractivity contribution in [1.29, 1.82) is 0 Å². The molecule has 0 radical (unpaired) electrons. The molecule has 0 amide bonds. The van der Waals surface area contributed by atoms with Crippen molar-refractivity contribution in [1.82, 2.24) is 10.2 Å². The second-order valence-electron chi connectivity index (χ2n) is 6.05. The molecule has 0 aromatic heterocycles. The third-order valence-corrected chi connectivity index (χ3v) is 4.54. The van der Waals surface area contributed by atoms with Crippen molar-refractivity contribution in [3.8, 4) is 5.75 Å². The fourth-order valence-electron chi connectivity index (χ4n) is 2.88. The van der Waals surface area contributed by atoms with Gasteiger partial charge >= 0.3 is 0 Å². The largest absolute Gasteiger partial charge is 0.506 e. The highest BCUT2D eigenvalue weighted by molar-refractivity contribution is 9.10. The van der Waals surface area contributed by atoms with Crippen molar-refractivity contribution in [2.24, 2.45) is 5.92 Å². The number of nitro benzene ring substituents is 1. The minimum absolute atomic E-state index is 0. The number of phenols is 1. The quantitative estimate of drug-likeness (QED) is 0.531. The van der Waals surface area contributed by atoms with E-state index in [1.54, 1.807) is 0 Å². The molecule has 0 spiro atoms. The van der Waals surface area contributed by atoms with Crippen LogP contribution < -0.4 is 5.32 Å². The van der Waals surface area contributed by atoms with Gasteiger partial charge in [-0.2, -0.15) is 0 Å². The molecule has 1 fully saturated rings. The van der Waals surface area contributed by atoms with Gasteiger partial charge in [-0.15, -0.1) is 24.8 Å². The summed E-state index contributed by atoms with van der Waals surface area (Å²) in [6.45, 7) is 7.78. The number of halogens is 3. The first-order valence-electron chi connectivity index (χ1n) is 7.51. The number of hydrogen-bond donors (Lipinski definition) is 2. The van der Waals surface area contributed by atoms with Gasteiger partial charge in [0.2, 0.25) is 0 Å². The fraction of sp³-hybridized carbons (Fsp3) is 0.600. The summed E-state index contributed by atoms with van der Waals surface area (Å²) in [5, 5.41) is 24.8. The van der Waals surface area contributed by atoms with E-state index in [-0.39, 0.29) is 42.3 Å². The SMILES string of the molecule is CC(C)C[C@H](c1cc([N+](=O)[O-])cc(Br)c1O)N1CCNCC1.Cl.Cl. The van der Waals surface area contributed by atoms with E-state index in [0.717, 1.165) is 32.6 Å².